The average molecular weight is 459 g/mol. The van der Waals surface area contributed by atoms with Crippen LogP contribution in [-0.4, -0.2) is 54.4 Å². The molecule has 4 rings (SSSR count). The minimum atomic E-state index is -0.385. The minimum absolute atomic E-state index is 0.279. The molecule has 1 fully saturated rings. The number of likely N-dealkylation sites (N-methyl/N-ethyl adjacent to an activating group) is 1. The first kappa shape index (κ1) is 19.6. The van der Waals surface area contributed by atoms with Gasteiger partial charge in [-0.25, -0.2) is 4.39 Å². The number of piperazine rings is 1. The second kappa shape index (κ2) is 7.96. The summed E-state index contributed by atoms with van der Waals surface area (Å²) in [5.41, 5.74) is 0.974. The molecule has 1 aliphatic rings. The number of H-pyrrole nitrogens is 1. The maximum absolute atomic E-state index is 14.7. The highest BCUT2D eigenvalue weighted by atomic mass is 79.9. The number of hydrogen-bond acceptors (Lipinski definition) is 5. The molecule has 150 valence electrons. The van der Waals surface area contributed by atoms with Gasteiger partial charge in [0.25, 0.3) is 5.56 Å². The van der Waals surface area contributed by atoms with Crippen LogP contribution < -0.4 is 10.5 Å². The van der Waals surface area contributed by atoms with Crippen molar-refractivity contribution in [2.24, 2.45) is 4.99 Å². The molecule has 2 aromatic carbocycles. The molecular weight excluding hydrogens is 439 g/mol. The zero-order chi connectivity index (χ0) is 20.5. The van der Waals surface area contributed by atoms with E-state index < -0.39 is 0 Å². The third-order valence-corrected chi connectivity index (χ3v) is 5.61. The zero-order valence-electron chi connectivity index (χ0n) is 15.8. The van der Waals surface area contributed by atoms with E-state index in [-0.39, 0.29) is 17.3 Å². The molecule has 2 N–H and O–H groups in total. The van der Waals surface area contributed by atoms with Crippen molar-refractivity contribution in [2.75, 3.05) is 38.1 Å². The van der Waals surface area contributed by atoms with Crippen molar-refractivity contribution >= 4 is 44.3 Å². The van der Waals surface area contributed by atoms with Crippen molar-refractivity contribution in [1.29, 1.82) is 0 Å². The number of nitrogens with one attached hydrogen (secondary N) is 1. The molecule has 0 saturated carbocycles. The van der Waals surface area contributed by atoms with E-state index in [1.807, 2.05) is 4.90 Å². The Bertz CT molecular complexity index is 1150. The molecule has 6 nitrogen and oxygen atoms in total. The van der Waals surface area contributed by atoms with Crippen LogP contribution in [0.4, 0.5) is 15.8 Å². The van der Waals surface area contributed by atoms with Gasteiger partial charge in [0.2, 0.25) is 5.88 Å². The molecular formula is C21H20BrFN4O2. The Labute approximate surface area is 175 Å². The highest BCUT2D eigenvalue weighted by Gasteiger charge is 2.17. The second-order valence-corrected chi connectivity index (χ2v) is 8.01. The Balaban J connectivity index is 1.65. The zero-order valence-corrected chi connectivity index (χ0v) is 17.4. The minimum Gasteiger partial charge on any atom is -0.494 e. The van der Waals surface area contributed by atoms with E-state index in [0.717, 1.165) is 30.7 Å². The van der Waals surface area contributed by atoms with Crippen molar-refractivity contribution in [3.8, 4) is 5.88 Å². The van der Waals surface area contributed by atoms with Gasteiger partial charge in [0.15, 0.2) is 0 Å². The van der Waals surface area contributed by atoms with Gasteiger partial charge in [-0.15, -0.1) is 0 Å². The number of halogens is 2. The maximum atomic E-state index is 14.7. The van der Waals surface area contributed by atoms with Crippen molar-refractivity contribution in [2.45, 2.75) is 0 Å². The van der Waals surface area contributed by atoms with Gasteiger partial charge in [-0.1, -0.05) is 15.9 Å². The van der Waals surface area contributed by atoms with Crippen molar-refractivity contribution in [3.05, 3.63) is 62.6 Å². The average Bonchev–Trinajstić information content (AvgIpc) is 2.68. The van der Waals surface area contributed by atoms with Gasteiger partial charge < -0.3 is 14.9 Å². The highest BCUT2D eigenvalue weighted by molar-refractivity contribution is 9.10. The topological polar surface area (TPSA) is 71.9 Å². The Morgan fingerprint density at radius 2 is 1.90 bits per heavy atom. The SMILES string of the molecule is CN1CCN(c2ccc(N=Cc3c(O)[nH]c(=O)c4ccc(Br)cc34)cc2F)CC1. The van der Waals surface area contributed by atoms with E-state index in [9.17, 15) is 14.3 Å². The number of anilines is 1. The predicted molar refractivity (Wildman–Crippen MR) is 117 cm³/mol. The molecule has 3 aromatic rings. The van der Waals surface area contributed by atoms with Crippen LogP contribution >= 0.6 is 15.9 Å². The normalized spacial score (nSPS) is 15.5. The van der Waals surface area contributed by atoms with E-state index in [4.69, 9.17) is 0 Å². The summed E-state index contributed by atoms with van der Waals surface area (Å²) < 4.78 is 15.4. The number of benzene rings is 2. The summed E-state index contributed by atoms with van der Waals surface area (Å²) in [6.45, 7) is 3.35. The smallest absolute Gasteiger partial charge is 0.258 e. The number of rotatable bonds is 3. The van der Waals surface area contributed by atoms with Gasteiger partial charge in [-0.3, -0.25) is 14.8 Å². The highest BCUT2D eigenvalue weighted by Crippen LogP contribution is 2.27. The number of aromatic hydroxyl groups is 1. The largest absolute Gasteiger partial charge is 0.494 e. The lowest BCUT2D eigenvalue weighted by Crippen LogP contribution is -2.44. The van der Waals surface area contributed by atoms with Gasteiger partial charge in [0, 0.05) is 53.7 Å². The summed E-state index contributed by atoms with van der Waals surface area (Å²) in [6.07, 6.45) is 1.43. The lowest BCUT2D eigenvalue weighted by atomic mass is 10.1. The lowest BCUT2D eigenvalue weighted by Gasteiger charge is -2.34. The Morgan fingerprint density at radius 1 is 1.14 bits per heavy atom. The fraction of sp³-hybridized carbons (Fsp3) is 0.238. The summed E-state index contributed by atoms with van der Waals surface area (Å²) in [5, 5.41) is 11.2. The fourth-order valence-electron chi connectivity index (χ4n) is 3.46. The van der Waals surface area contributed by atoms with Crippen LogP contribution in [-0.2, 0) is 0 Å². The molecule has 0 unspecified atom stereocenters. The number of hydrogen-bond donors (Lipinski definition) is 2. The third-order valence-electron chi connectivity index (χ3n) is 5.12. The van der Waals surface area contributed by atoms with Gasteiger partial charge in [-0.2, -0.15) is 0 Å². The molecule has 2 heterocycles. The quantitative estimate of drug-likeness (QED) is 0.587. The molecule has 0 bridgehead atoms. The van der Waals surface area contributed by atoms with Gasteiger partial charge in [0.1, 0.15) is 5.82 Å². The summed E-state index contributed by atoms with van der Waals surface area (Å²) in [7, 11) is 2.06. The maximum Gasteiger partial charge on any atom is 0.258 e. The Morgan fingerprint density at radius 3 is 2.62 bits per heavy atom. The van der Waals surface area contributed by atoms with Crippen LogP contribution in [0.5, 0.6) is 5.88 Å². The summed E-state index contributed by atoms with van der Waals surface area (Å²) in [6, 6.07) is 10.0. The van der Waals surface area contributed by atoms with E-state index in [2.05, 4.69) is 37.9 Å². The van der Waals surface area contributed by atoms with Crippen LogP contribution in [0.15, 0.2) is 50.7 Å². The molecule has 1 aliphatic heterocycles. The molecule has 0 atom stereocenters. The lowest BCUT2D eigenvalue weighted by molar-refractivity contribution is 0.311. The van der Waals surface area contributed by atoms with Gasteiger partial charge in [0.05, 0.1) is 16.9 Å². The van der Waals surface area contributed by atoms with Crippen molar-refractivity contribution < 1.29 is 9.50 Å². The summed E-state index contributed by atoms with van der Waals surface area (Å²) >= 11 is 3.38. The number of nitrogens with zero attached hydrogens (tertiary/aromatic N) is 3. The number of aromatic amines is 1. The van der Waals surface area contributed by atoms with Crippen molar-refractivity contribution in [1.82, 2.24) is 9.88 Å². The van der Waals surface area contributed by atoms with Crippen molar-refractivity contribution in [3.63, 3.8) is 0 Å². The molecule has 29 heavy (non-hydrogen) atoms. The Hall–Kier alpha value is -2.71. The van der Waals surface area contributed by atoms with E-state index in [1.165, 1.54) is 12.3 Å². The number of aromatic nitrogens is 1. The van der Waals surface area contributed by atoms with Crippen LogP contribution in [0.2, 0.25) is 0 Å². The molecule has 0 spiro atoms. The molecule has 0 radical (unpaired) electrons. The summed E-state index contributed by atoms with van der Waals surface area (Å²) in [4.78, 5) is 23.0. The van der Waals surface area contributed by atoms with Gasteiger partial charge in [-0.05, 0) is 37.4 Å². The molecule has 1 saturated heterocycles. The van der Waals surface area contributed by atoms with Crippen LogP contribution in [0, 0.1) is 5.82 Å². The number of fused-ring (bicyclic) bond motifs is 1. The first-order valence-corrected chi connectivity index (χ1v) is 10.0. The second-order valence-electron chi connectivity index (χ2n) is 7.09. The van der Waals surface area contributed by atoms with E-state index in [0.29, 0.717) is 27.7 Å². The number of pyridine rings is 1. The Kier molecular flexibility index (Phi) is 5.38. The predicted octanol–water partition coefficient (Wildman–Crippen LogP) is 3.64. The molecule has 0 aliphatic carbocycles. The third kappa shape index (κ3) is 4.04. The standard InChI is InChI=1S/C21H20BrFN4O2/c1-26-6-8-27(9-7-26)19-5-3-14(11-18(19)23)24-12-17-16-10-13(22)2-4-15(16)20(28)25-21(17)29/h2-5,10-12H,6-9H2,1H3,(H2,25,28,29). The summed E-state index contributed by atoms with van der Waals surface area (Å²) in [5.74, 6) is -0.610. The van der Waals surface area contributed by atoms with Gasteiger partial charge >= 0.3 is 0 Å². The molecule has 1 aromatic heterocycles. The molecule has 0 amide bonds. The number of aliphatic imine (C=N–C) groups is 1. The van der Waals surface area contributed by atoms with E-state index >= 15 is 0 Å². The van der Waals surface area contributed by atoms with Crippen LogP contribution in [0.3, 0.4) is 0 Å². The van der Waals surface area contributed by atoms with E-state index in [1.54, 1.807) is 30.3 Å². The molecule has 8 heteroatoms. The first-order valence-electron chi connectivity index (χ1n) is 9.24. The first-order chi connectivity index (χ1) is 13.9. The monoisotopic (exact) mass is 458 g/mol. The van der Waals surface area contributed by atoms with Crippen LogP contribution in [0.1, 0.15) is 5.56 Å². The van der Waals surface area contributed by atoms with Crippen LogP contribution in [0.25, 0.3) is 10.8 Å². The fourth-order valence-corrected chi connectivity index (χ4v) is 3.82.